The first kappa shape index (κ1) is 57.0. The van der Waals surface area contributed by atoms with Crippen LogP contribution < -0.4 is 15.9 Å². The maximum atomic E-state index is 14.3. The fourth-order valence-electron chi connectivity index (χ4n) is 12.7. The van der Waals surface area contributed by atoms with Crippen molar-refractivity contribution in [1.82, 2.24) is 9.80 Å². The molecular formula is C59H91N2O9P. The number of benzene rings is 3. The molecule has 12 heteroatoms. The minimum Gasteiger partial charge on any atom is -0.388 e. The molecule has 13 atom stereocenters. The minimum atomic E-state index is -2.14. The van der Waals surface area contributed by atoms with E-state index in [1.165, 1.54) is 55.2 Å². The van der Waals surface area contributed by atoms with Gasteiger partial charge >= 0.3 is 195 Å². The number of ether oxygens (including phenoxy) is 3. The number of nitrogens with zero attached hydrogens (tertiary/aromatic N) is 2. The summed E-state index contributed by atoms with van der Waals surface area (Å²) in [5.74, 6) is -1.97. The summed E-state index contributed by atoms with van der Waals surface area (Å²) in [6.45, 7) is 14.5. The Morgan fingerprint density at radius 3 is 1.92 bits per heavy atom. The number of hydrogen-bond acceptors (Lipinski definition) is 10. The van der Waals surface area contributed by atoms with Gasteiger partial charge in [0.2, 0.25) is 0 Å². The summed E-state index contributed by atoms with van der Waals surface area (Å²) >= 11 is 0. The molecule has 1 amide bonds. The molecule has 71 heavy (non-hydrogen) atoms. The number of amides is 1. The van der Waals surface area contributed by atoms with Crippen molar-refractivity contribution in [3.63, 3.8) is 0 Å². The topological polar surface area (TPSA) is 149 Å². The number of rotatable bonds is 17. The number of aliphatic hydroxyl groups excluding tert-OH is 2. The number of aliphatic hydroxyl groups is 4. The Hall–Kier alpha value is -3.25. The van der Waals surface area contributed by atoms with Gasteiger partial charge in [0.1, 0.15) is 23.9 Å². The largest absolute Gasteiger partial charge is 0.388 e. The average molecular weight is 1000 g/mol. The fraction of sp³-hybridized carbons (Fsp3) is 0.661. The molecule has 0 aromatic heterocycles. The summed E-state index contributed by atoms with van der Waals surface area (Å²) in [7, 11) is 1.68. The van der Waals surface area contributed by atoms with Gasteiger partial charge in [-0.1, -0.05) is 27.7 Å². The molecule has 3 aromatic carbocycles. The second-order valence-electron chi connectivity index (χ2n) is 22.7. The van der Waals surface area contributed by atoms with Gasteiger partial charge in [-0.05, 0) is 79.3 Å². The summed E-state index contributed by atoms with van der Waals surface area (Å²) in [5, 5.41) is 52.4. The third kappa shape index (κ3) is 13.4. The Kier molecular flexibility index (Phi) is 20.3. The molecular weight excluding hydrogens is 912 g/mol. The summed E-state index contributed by atoms with van der Waals surface area (Å²) in [6.07, 6.45) is 7.07. The van der Waals surface area contributed by atoms with Crippen LogP contribution in [-0.2, 0) is 23.8 Å². The summed E-state index contributed by atoms with van der Waals surface area (Å²) in [6, 6.07) is 28.4. The van der Waals surface area contributed by atoms with Gasteiger partial charge in [-0.15, -0.1) is 0 Å². The smallest absolute Gasteiger partial charge is 0.126 e. The van der Waals surface area contributed by atoms with Crippen molar-refractivity contribution in [3.05, 3.63) is 78.9 Å². The molecule has 3 aromatic rings. The monoisotopic (exact) mass is 1000 g/mol. The predicted octanol–water partition coefficient (Wildman–Crippen LogP) is 8.51. The zero-order valence-corrected chi connectivity index (χ0v) is 45.9. The number of unbranched alkanes of at least 4 members (excludes halogenated alkanes) is 8. The molecule has 6 rings (SSSR count). The molecule has 2 saturated heterocycles. The van der Waals surface area contributed by atoms with Crippen LogP contribution in [0.4, 0.5) is 0 Å². The normalized spacial score (nSPS) is 33.1. The molecule has 0 aliphatic carbocycles. The van der Waals surface area contributed by atoms with Crippen LogP contribution in [0.25, 0.3) is 11.1 Å². The van der Waals surface area contributed by atoms with Gasteiger partial charge in [-0.3, -0.25) is 9.59 Å². The Morgan fingerprint density at radius 2 is 1.34 bits per heavy atom. The van der Waals surface area contributed by atoms with Gasteiger partial charge in [0.25, 0.3) is 0 Å². The molecule has 3 heterocycles. The van der Waals surface area contributed by atoms with E-state index >= 15 is 0 Å². The Labute approximate surface area is 427 Å². The third-order valence-electron chi connectivity index (χ3n) is 16.5. The van der Waals surface area contributed by atoms with E-state index in [9.17, 15) is 30.0 Å². The Balaban J connectivity index is 1.05. The van der Waals surface area contributed by atoms with Crippen molar-refractivity contribution in [1.29, 1.82) is 0 Å². The molecule has 4 N–H and O–H groups in total. The van der Waals surface area contributed by atoms with Crippen LogP contribution in [0.15, 0.2) is 78.9 Å². The Morgan fingerprint density at radius 1 is 0.789 bits per heavy atom. The van der Waals surface area contributed by atoms with E-state index < -0.39 is 73.0 Å². The number of cyclic esters (lactones) is 1. The van der Waals surface area contributed by atoms with E-state index in [-0.39, 0.29) is 56.2 Å². The first-order valence-corrected chi connectivity index (χ1v) is 29.5. The first-order valence-electron chi connectivity index (χ1n) is 27.3. The quantitative estimate of drug-likeness (QED) is 0.0590. The van der Waals surface area contributed by atoms with E-state index in [1.807, 2.05) is 39.8 Å². The number of carbonyl (C=O) groups excluding carboxylic acids is 2. The van der Waals surface area contributed by atoms with E-state index in [4.69, 9.17) is 14.2 Å². The van der Waals surface area contributed by atoms with Crippen LogP contribution in [0.2, 0.25) is 0 Å². The number of fused-ring (bicyclic) bond motifs is 3. The second-order valence-corrected chi connectivity index (χ2v) is 26.7. The number of carbonyl (C=O) groups is 2. The number of hydrogen-bond donors (Lipinski definition) is 4. The standard InChI is InChI=1S/C59H91N2O9P/c1-11-51-59(8,67)54(64)44(6)61(39-40(2)38-58(7,66)55(41(3)36-42(4)56(65)69-51)70-57-53(63)48(60(9)10)37-43(5)68-57)52(62)34-22-17-15-13-12-14-16-18-27-35-71(45-28-20-19-21-29-45)49-32-25-23-30-46(49)47-31-24-26-33-50(47)71/h19-21,23-26,28-33,40-44,48,51,53-55,57,63-64,66-67,71H,11-18,22,27,34-39H2,1-10H3/t40-,41+,42-,43-,44-,48+,51-,53-,54-,55-,57+,58-,59-/m1/s1. The summed E-state index contributed by atoms with van der Waals surface area (Å²) < 4.78 is 18.8. The van der Waals surface area contributed by atoms with Crippen LogP contribution in [0.5, 0.6) is 0 Å². The van der Waals surface area contributed by atoms with Crippen molar-refractivity contribution >= 4 is 35.1 Å². The average Bonchev–Trinajstić information content (AvgIpc) is 3.63. The number of esters is 1. The van der Waals surface area contributed by atoms with E-state index in [2.05, 4.69) is 78.9 Å². The van der Waals surface area contributed by atoms with Crippen molar-refractivity contribution in [2.75, 3.05) is 26.8 Å². The molecule has 0 bridgehead atoms. The van der Waals surface area contributed by atoms with Crippen molar-refractivity contribution in [3.8, 4) is 11.1 Å². The first-order chi connectivity index (χ1) is 33.7. The summed E-state index contributed by atoms with van der Waals surface area (Å²) in [4.78, 5) is 31.7. The molecule has 2 fully saturated rings. The fourth-order valence-corrected chi connectivity index (χ4v) is 18.1. The second kappa shape index (κ2) is 25.3. The van der Waals surface area contributed by atoms with Crippen molar-refractivity contribution < 1.29 is 44.2 Å². The molecule has 0 saturated carbocycles. The van der Waals surface area contributed by atoms with Crippen LogP contribution in [0.1, 0.15) is 145 Å². The minimum absolute atomic E-state index is 0.130. The SMILES string of the molecule is CC[C@H]1OC(=O)[C@H](C)C[C@H](C)[C@@H](O[C@@H]2O[C@H](C)C[C@H](N(C)C)[C@H]2O)[C@](C)(O)C[C@@H](C)CN(C(=O)CCCCCCCCCCC[PH]2(c3ccccc3)c3ccccc3-c3ccccc32)[C@H](C)[C@@H](O)[C@]1(C)O. The maximum absolute atomic E-state index is 14.3. The molecule has 3 aliphatic rings. The zero-order valence-electron chi connectivity index (χ0n) is 44.9. The summed E-state index contributed by atoms with van der Waals surface area (Å²) in [5.41, 5.74) is -0.517. The molecule has 396 valence electrons. The van der Waals surface area contributed by atoms with Crippen molar-refractivity contribution in [2.45, 2.75) is 205 Å². The molecule has 0 radical (unpaired) electrons. The van der Waals surface area contributed by atoms with Gasteiger partial charge in [0.05, 0.1) is 29.8 Å². The number of likely N-dealkylation sites (N-methyl/N-ethyl adjacent to an activating group) is 1. The van der Waals surface area contributed by atoms with E-state index in [0.29, 0.717) is 12.8 Å². The molecule has 0 unspecified atom stereocenters. The predicted molar refractivity (Wildman–Crippen MR) is 289 cm³/mol. The molecule has 0 spiro atoms. The van der Waals surface area contributed by atoms with Gasteiger partial charge in [0, 0.05) is 12.6 Å². The van der Waals surface area contributed by atoms with E-state index in [1.54, 1.807) is 43.2 Å². The third-order valence-corrected chi connectivity index (χ3v) is 21.6. The van der Waals surface area contributed by atoms with Gasteiger partial charge in [-0.2, -0.15) is 0 Å². The van der Waals surface area contributed by atoms with Gasteiger partial charge in [-0.25, -0.2) is 0 Å². The van der Waals surface area contributed by atoms with Gasteiger partial charge in [0.15, 0.2) is 6.29 Å². The van der Waals surface area contributed by atoms with Crippen LogP contribution in [0.3, 0.4) is 0 Å². The zero-order chi connectivity index (χ0) is 51.7. The maximum Gasteiger partial charge on any atom is 0.126 e. The molecule has 3 aliphatic heterocycles. The Bertz CT molecular complexity index is 2110. The van der Waals surface area contributed by atoms with Crippen molar-refractivity contribution in [2.24, 2.45) is 17.8 Å². The van der Waals surface area contributed by atoms with E-state index in [0.717, 1.165) is 25.7 Å². The van der Waals surface area contributed by atoms with Gasteiger partial charge < -0.3 is 44.4 Å². The van der Waals surface area contributed by atoms with Crippen LogP contribution in [0, 0.1) is 17.8 Å². The molecule has 11 nitrogen and oxygen atoms in total. The van der Waals surface area contributed by atoms with Crippen LogP contribution in [-0.4, -0.2) is 129 Å². The van der Waals surface area contributed by atoms with Crippen LogP contribution >= 0.6 is 7.26 Å².